The summed E-state index contributed by atoms with van der Waals surface area (Å²) in [6.07, 6.45) is 13.0. The summed E-state index contributed by atoms with van der Waals surface area (Å²) in [4.78, 5) is 39.7. The van der Waals surface area contributed by atoms with E-state index in [4.69, 9.17) is 0 Å². The molecule has 6 nitrogen and oxygen atoms in total. The number of nitrogens with one attached hydrogen (secondary N) is 2. The van der Waals surface area contributed by atoms with Gasteiger partial charge in [0.05, 0.1) is 6.04 Å². The van der Waals surface area contributed by atoms with E-state index >= 15 is 0 Å². The minimum Gasteiger partial charge on any atom is -0.369 e. The fourth-order valence-electron chi connectivity index (χ4n) is 11.6. The molecule has 5 fully saturated rings. The number of ketones is 1. The Balaban J connectivity index is 1.33. The molecule has 6 aliphatic rings. The maximum absolute atomic E-state index is 14.5. The first-order valence-electron chi connectivity index (χ1n) is 16.4. The topological polar surface area (TPSA) is 95.5 Å². The lowest BCUT2D eigenvalue weighted by atomic mass is 9.33. The van der Waals surface area contributed by atoms with Gasteiger partial charge in [-0.2, -0.15) is 0 Å². The van der Waals surface area contributed by atoms with E-state index in [9.17, 15) is 19.5 Å². The molecule has 0 aromatic rings. The Kier molecular flexibility index (Phi) is 6.23. The van der Waals surface area contributed by atoms with Crippen LogP contribution in [0.1, 0.15) is 126 Å². The summed E-state index contributed by atoms with van der Waals surface area (Å²) in [5, 5.41) is 16.6. The number of rotatable bonds is 3. The van der Waals surface area contributed by atoms with Crippen LogP contribution < -0.4 is 10.6 Å². The summed E-state index contributed by atoms with van der Waals surface area (Å²) in [7, 11) is 0. The van der Waals surface area contributed by atoms with E-state index in [1.54, 1.807) is 0 Å². The summed E-state index contributed by atoms with van der Waals surface area (Å²) in [6, 6.07) is -0.434. The largest absolute Gasteiger partial charge is 0.369 e. The molecule has 0 heterocycles. The SMILES string of the molecule is CC(=O)N[C@H]1CC1(O)NC(=O)[C@@]1(C)CC[C@]2(C)CC[C@]3(C)C(=CC(=O)[C@@H]4[C@@]5(C)CCCC(C)(C)C5CC[C@]43C)[C@H]2C1. The third-order valence-corrected chi connectivity index (χ3v) is 14.5. The second kappa shape index (κ2) is 8.70. The van der Waals surface area contributed by atoms with Crippen LogP contribution in [0.5, 0.6) is 0 Å². The van der Waals surface area contributed by atoms with Crippen LogP contribution in [0.3, 0.4) is 0 Å². The van der Waals surface area contributed by atoms with Crippen LogP contribution in [-0.2, 0) is 14.4 Å². The molecule has 0 saturated heterocycles. The van der Waals surface area contributed by atoms with Gasteiger partial charge in [0, 0.05) is 24.7 Å². The van der Waals surface area contributed by atoms with E-state index in [1.807, 2.05) is 6.92 Å². The first-order chi connectivity index (χ1) is 18.8. The Hall–Kier alpha value is -1.69. The highest BCUT2D eigenvalue weighted by molar-refractivity contribution is 5.95. The monoisotopic (exact) mass is 566 g/mol. The predicted molar refractivity (Wildman–Crippen MR) is 159 cm³/mol. The standard InChI is InChI=1S/C35H54N2O4/c1-21(38)36-26-20-35(26,41)37-28(40)31(5)15-14-30(4)16-17-33(7)22(23(30)19-31)18-24(39)27-32(6)12-9-11-29(2,3)25(32)10-13-34(27,33)8/h18,23,25-27,41H,9-17,19-20H2,1-8H3,(H,36,38)(H,37,40)/t23-,25?,26+,27-,30-,31+,32+,33-,34-,35?/m1/s1. The van der Waals surface area contributed by atoms with Gasteiger partial charge < -0.3 is 15.7 Å². The van der Waals surface area contributed by atoms with E-state index in [0.717, 1.165) is 38.5 Å². The third kappa shape index (κ3) is 4.00. The van der Waals surface area contributed by atoms with Crippen molar-refractivity contribution in [2.75, 3.05) is 0 Å². The van der Waals surface area contributed by atoms with Crippen LogP contribution in [0.25, 0.3) is 0 Å². The molecule has 3 N–H and O–H groups in total. The van der Waals surface area contributed by atoms with Crippen molar-refractivity contribution in [1.82, 2.24) is 10.6 Å². The lowest BCUT2D eigenvalue weighted by molar-refractivity contribution is -0.185. The molecule has 6 heteroatoms. The highest BCUT2D eigenvalue weighted by atomic mass is 16.3. The summed E-state index contributed by atoms with van der Waals surface area (Å²) < 4.78 is 0. The van der Waals surface area contributed by atoms with Crippen LogP contribution in [0.15, 0.2) is 11.6 Å². The number of amides is 2. The predicted octanol–water partition coefficient (Wildman–Crippen LogP) is 6.07. The van der Waals surface area contributed by atoms with Crippen molar-refractivity contribution in [3.05, 3.63) is 11.6 Å². The first-order valence-corrected chi connectivity index (χ1v) is 16.4. The van der Waals surface area contributed by atoms with Crippen molar-refractivity contribution in [2.45, 2.75) is 138 Å². The molecule has 10 atom stereocenters. The van der Waals surface area contributed by atoms with Gasteiger partial charge in [-0.3, -0.25) is 14.4 Å². The van der Waals surface area contributed by atoms with Crippen molar-refractivity contribution >= 4 is 17.6 Å². The van der Waals surface area contributed by atoms with E-state index in [0.29, 0.717) is 24.5 Å². The van der Waals surface area contributed by atoms with Crippen molar-refractivity contribution < 1.29 is 19.5 Å². The second-order valence-electron chi connectivity index (χ2n) is 17.4. The molecule has 228 valence electrons. The number of aliphatic hydroxyl groups is 1. The van der Waals surface area contributed by atoms with Crippen molar-refractivity contribution in [2.24, 2.45) is 50.2 Å². The highest BCUT2D eigenvalue weighted by Crippen LogP contribution is 2.75. The molecule has 5 saturated carbocycles. The smallest absolute Gasteiger partial charge is 0.228 e. The molecular formula is C35H54N2O4. The zero-order valence-electron chi connectivity index (χ0n) is 26.8. The van der Waals surface area contributed by atoms with Crippen LogP contribution in [-0.4, -0.2) is 34.5 Å². The fourth-order valence-corrected chi connectivity index (χ4v) is 11.6. The fraction of sp³-hybridized carbons (Fsp3) is 0.857. The zero-order valence-corrected chi connectivity index (χ0v) is 26.8. The normalized spacial score (nSPS) is 51.6. The molecule has 0 radical (unpaired) electrons. The quantitative estimate of drug-likeness (QED) is 0.361. The van der Waals surface area contributed by atoms with Crippen molar-refractivity contribution in [3.8, 4) is 0 Å². The number of fused-ring (bicyclic) bond motifs is 7. The van der Waals surface area contributed by atoms with Crippen LogP contribution in [0, 0.1) is 50.2 Å². The van der Waals surface area contributed by atoms with Gasteiger partial charge in [-0.25, -0.2) is 0 Å². The van der Waals surface area contributed by atoms with Gasteiger partial charge in [0.2, 0.25) is 11.8 Å². The number of hydrogen-bond donors (Lipinski definition) is 3. The van der Waals surface area contributed by atoms with Crippen LogP contribution >= 0.6 is 0 Å². The van der Waals surface area contributed by atoms with Gasteiger partial charge in [-0.1, -0.05) is 60.5 Å². The average Bonchev–Trinajstić information content (AvgIpc) is 3.47. The Morgan fingerprint density at radius 2 is 1.59 bits per heavy atom. The summed E-state index contributed by atoms with van der Waals surface area (Å²) in [5.74, 6) is 0.805. The number of allylic oxidation sites excluding steroid dienone is 2. The zero-order chi connectivity index (χ0) is 30.0. The Labute approximate surface area is 247 Å². The van der Waals surface area contributed by atoms with Gasteiger partial charge in [0.1, 0.15) is 0 Å². The summed E-state index contributed by atoms with van der Waals surface area (Å²) in [6.45, 7) is 18.1. The van der Waals surface area contributed by atoms with Crippen molar-refractivity contribution in [1.29, 1.82) is 0 Å². The van der Waals surface area contributed by atoms with E-state index < -0.39 is 17.2 Å². The molecule has 6 rings (SSSR count). The molecule has 2 unspecified atom stereocenters. The maximum Gasteiger partial charge on any atom is 0.228 e. The van der Waals surface area contributed by atoms with Gasteiger partial charge >= 0.3 is 0 Å². The molecule has 6 aliphatic carbocycles. The minimum atomic E-state index is -1.36. The van der Waals surface area contributed by atoms with Gasteiger partial charge in [0.25, 0.3) is 0 Å². The first kappa shape index (κ1) is 29.4. The lowest BCUT2D eigenvalue weighted by Gasteiger charge is -2.70. The second-order valence-corrected chi connectivity index (χ2v) is 17.4. The van der Waals surface area contributed by atoms with Gasteiger partial charge in [-0.05, 0) is 103 Å². The third-order valence-electron chi connectivity index (χ3n) is 14.5. The maximum atomic E-state index is 14.5. The molecule has 0 aromatic heterocycles. The average molecular weight is 567 g/mol. The van der Waals surface area contributed by atoms with Crippen molar-refractivity contribution in [3.63, 3.8) is 0 Å². The highest BCUT2D eigenvalue weighted by Gasteiger charge is 2.69. The van der Waals surface area contributed by atoms with Crippen LogP contribution in [0.4, 0.5) is 0 Å². The molecular weight excluding hydrogens is 512 g/mol. The number of hydrogen-bond acceptors (Lipinski definition) is 4. The molecule has 0 bridgehead atoms. The molecule has 0 aromatic carbocycles. The summed E-state index contributed by atoms with van der Waals surface area (Å²) in [5.41, 5.74) is -0.471. The lowest BCUT2D eigenvalue weighted by Crippen LogP contribution is -2.65. The Morgan fingerprint density at radius 1 is 0.902 bits per heavy atom. The number of carbonyl (C=O) groups excluding carboxylic acids is 3. The Morgan fingerprint density at radius 3 is 2.27 bits per heavy atom. The number of carbonyl (C=O) groups is 3. The molecule has 2 amide bonds. The van der Waals surface area contributed by atoms with E-state index in [-0.39, 0.29) is 50.7 Å². The molecule has 0 aliphatic heterocycles. The van der Waals surface area contributed by atoms with E-state index in [2.05, 4.69) is 58.3 Å². The Bertz CT molecular complexity index is 1220. The molecule has 41 heavy (non-hydrogen) atoms. The van der Waals surface area contributed by atoms with Gasteiger partial charge in [0.15, 0.2) is 11.5 Å². The minimum absolute atomic E-state index is 0.0305. The summed E-state index contributed by atoms with van der Waals surface area (Å²) >= 11 is 0. The van der Waals surface area contributed by atoms with Gasteiger partial charge in [-0.15, -0.1) is 0 Å². The molecule has 0 spiro atoms. The van der Waals surface area contributed by atoms with E-state index in [1.165, 1.54) is 31.8 Å². The van der Waals surface area contributed by atoms with Crippen LogP contribution in [0.2, 0.25) is 0 Å².